The summed E-state index contributed by atoms with van der Waals surface area (Å²) in [5, 5.41) is 11.7. The van der Waals surface area contributed by atoms with Gasteiger partial charge in [-0.05, 0) is 48.9 Å². The smallest absolute Gasteiger partial charge is 0.182 e. The van der Waals surface area contributed by atoms with Crippen molar-refractivity contribution < 1.29 is 0 Å². The van der Waals surface area contributed by atoms with Crippen molar-refractivity contribution in [2.75, 3.05) is 5.73 Å². The fourth-order valence-electron chi connectivity index (χ4n) is 1.60. The molecule has 0 aliphatic rings. The molecule has 5 nitrogen and oxygen atoms in total. The molecule has 1 heterocycles. The SMILES string of the molecule is Cc1ccc(N)cc1-c1nnnn1C(C)C. The number of tetrazole rings is 1. The van der Waals surface area contributed by atoms with Gasteiger partial charge in [0.2, 0.25) is 0 Å². The number of benzene rings is 1. The van der Waals surface area contributed by atoms with E-state index in [0.717, 1.165) is 22.6 Å². The number of nitrogens with zero attached hydrogens (tertiary/aromatic N) is 4. The highest BCUT2D eigenvalue weighted by atomic mass is 15.5. The Hall–Kier alpha value is -1.91. The van der Waals surface area contributed by atoms with E-state index in [9.17, 15) is 0 Å². The highest BCUT2D eigenvalue weighted by Crippen LogP contribution is 2.24. The lowest BCUT2D eigenvalue weighted by molar-refractivity contribution is 0.519. The van der Waals surface area contributed by atoms with Crippen LogP contribution in [-0.4, -0.2) is 20.2 Å². The molecular formula is C11H15N5. The third-order valence-electron chi connectivity index (χ3n) is 2.48. The summed E-state index contributed by atoms with van der Waals surface area (Å²) in [5.41, 5.74) is 8.60. The minimum absolute atomic E-state index is 0.228. The Morgan fingerprint density at radius 1 is 1.31 bits per heavy atom. The van der Waals surface area contributed by atoms with Crippen LogP contribution in [0.15, 0.2) is 18.2 Å². The maximum atomic E-state index is 5.78. The molecule has 0 bridgehead atoms. The Kier molecular flexibility index (Phi) is 2.60. The minimum atomic E-state index is 0.228. The van der Waals surface area contributed by atoms with Gasteiger partial charge in [-0.2, -0.15) is 0 Å². The van der Waals surface area contributed by atoms with E-state index < -0.39 is 0 Å². The zero-order valence-electron chi connectivity index (χ0n) is 9.68. The molecule has 0 aliphatic carbocycles. The van der Waals surface area contributed by atoms with Crippen molar-refractivity contribution in [2.45, 2.75) is 26.8 Å². The number of nitrogens with two attached hydrogens (primary N) is 1. The second-order valence-corrected chi connectivity index (χ2v) is 4.12. The lowest BCUT2D eigenvalue weighted by Crippen LogP contribution is -2.06. The van der Waals surface area contributed by atoms with Crippen LogP contribution in [0.5, 0.6) is 0 Å². The van der Waals surface area contributed by atoms with Crippen LogP contribution in [0.4, 0.5) is 5.69 Å². The highest BCUT2D eigenvalue weighted by molar-refractivity contribution is 5.65. The van der Waals surface area contributed by atoms with E-state index in [1.165, 1.54) is 0 Å². The molecule has 84 valence electrons. The lowest BCUT2D eigenvalue weighted by atomic mass is 10.1. The maximum absolute atomic E-state index is 5.78. The van der Waals surface area contributed by atoms with Gasteiger partial charge in [0.25, 0.3) is 0 Å². The van der Waals surface area contributed by atoms with Crippen LogP contribution in [0.3, 0.4) is 0 Å². The van der Waals surface area contributed by atoms with Gasteiger partial charge in [0.05, 0.1) is 6.04 Å². The van der Waals surface area contributed by atoms with E-state index in [1.54, 1.807) is 4.68 Å². The zero-order chi connectivity index (χ0) is 11.7. The Bertz CT molecular complexity index is 501. The van der Waals surface area contributed by atoms with Crippen LogP contribution in [0.1, 0.15) is 25.5 Å². The van der Waals surface area contributed by atoms with Gasteiger partial charge in [0.1, 0.15) is 0 Å². The van der Waals surface area contributed by atoms with Gasteiger partial charge >= 0.3 is 0 Å². The van der Waals surface area contributed by atoms with Crippen LogP contribution in [0.25, 0.3) is 11.4 Å². The van der Waals surface area contributed by atoms with Crippen molar-refractivity contribution in [3.63, 3.8) is 0 Å². The first-order chi connectivity index (χ1) is 7.59. The molecule has 0 saturated heterocycles. The van der Waals surface area contributed by atoms with Gasteiger partial charge in [0, 0.05) is 11.3 Å². The predicted octanol–water partition coefficient (Wildman–Crippen LogP) is 1.81. The molecule has 1 aromatic heterocycles. The first-order valence-electron chi connectivity index (χ1n) is 5.24. The standard InChI is InChI=1S/C11H15N5/c1-7(2)16-11(13-14-15-16)10-6-9(12)5-4-8(10)3/h4-7H,12H2,1-3H3. The number of anilines is 1. The number of hydrogen-bond donors (Lipinski definition) is 1. The first-order valence-corrected chi connectivity index (χ1v) is 5.24. The largest absolute Gasteiger partial charge is 0.399 e. The van der Waals surface area contributed by atoms with Crippen molar-refractivity contribution in [1.29, 1.82) is 0 Å². The van der Waals surface area contributed by atoms with Crippen molar-refractivity contribution in [3.05, 3.63) is 23.8 Å². The van der Waals surface area contributed by atoms with Crippen LogP contribution in [0, 0.1) is 6.92 Å². The number of aryl methyl sites for hydroxylation is 1. The quantitative estimate of drug-likeness (QED) is 0.779. The van der Waals surface area contributed by atoms with Crippen LogP contribution < -0.4 is 5.73 Å². The number of nitrogen functional groups attached to an aromatic ring is 1. The van der Waals surface area contributed by atoms with Gasteiger partial charge in [-0.15, -0.1) is 5.10 Å². The molecule has 2 N–H and O–H groups in total. The lowest BCUT2D eigenvalue weighted by Gasteiger charge is -2.10. The maximum Gasteiger partial charge on any atom is 0.182 e. The molecule has 0 aliphatic heterocycles. The Balaban J connectivity index is 2.58. The molecular weight excluding hydrogens is 202 g/mol. The predicted molar refractivity (Wildman–Crippen MR) is 62.8 cm³/mol. The summed E-state index contributed by atoms with van der Waals surface area (Å²) in [6, 6.07) is 5.98. The zero-order valence-corrected chi connectivity index (χ0v) is 9.68. The van der Waals surface area contributed by atoms with E-state index in [2.05, 4.69) is 15.5 Å². The summed E-state index contributed by atoms with van der Waals surface area (Å²) < 4.78 is 1.79. The van der Waals surface area contributed by atoms with Gasteiger partial charge in [0.15, 0.2) is 5.82 Å². The topological polar surface area (TPSA) is 69.6 Å². The van der Waals surface area contributed by atoms with Gasteiger partial charge in [-0.25, -0.2) is 4.68 Å². The third kappa shape index (κ3) is 1.76. The average Bonchev–Trinajstić information content (AvgIpc) is 2.70. The summed E-state index contributed by atoms with van der Waals surface area (Å²) in [6.45, 7) is 6.11. The molecule has 1 aromatic carbocycles. The number of hydrogen-bond acceptors (Lipinski definition) is 4. The summed E-state index contributed by atoms with van der Waals surface area (Å²) in [5.74, 6) is 0.764. The number of rotatable bonds is 2. The molecule has 0 radical (unpaired) electrons. The molecule has 2 rings (SSSR count). The molecule has 0 fully saturated rings. The summed E-state index contributed by atoms with van der Waals surface area (Å²) in [7, 11) is 0. The van der Waals surface area contributed by atoms with Crippen molar-refractivity contribution in [3.8, 4) is 11.4 Å². The van der Waals surface area contributed by atoms with Crippen molar-refractivity contribution in [2.24, 2.45) is 0 Å². The molecule has 5 heteroatoms. The van der Waals surface area contributed by atoms with E-state index in [4.69, 9.17) is 5.73 Å². The molecule has 0 atom stereocenters. The van der Waals surface area contributed by atoms with Crippen molar-refractivity contribution in [1.82, 2.24) is 20.2 Å². The second-order valence-electron chi connectivity index (χ2n) is 4.12. The Morgan fingerprint density at radius 3 is 2.75 bits per heavy atom. The average molecular weight is 217 g/mol. The number of aromatic nitrogens is 4. The molecule has 0 unspecified atom stereocenters. The molecule has 2 aromatic rings. The van der Waals surface area contributed by atoms with Gasteiger partial charge in [-0.3, -0.25) is 0 Å². The van der Waals surface area contributed by atoms with Gasteiger partial charge in [-0.1, -0.05) is 6.07 Å². The third-order valence-corrected chi connectivity index (χ3v) is 2.48. The Labute approximate surface area is 94.3 Å². The molecule has 0 saturated carbocycles. The second kappa shape index (κ2) is 3.92. The van der Waals surface area contributed by atoms with Crippen LogP contribution >= 0.6 is 0 Å². The fourth-order valence-corrected chi connectivity index (χ4v) is 1.60. The first kappa shape index (κ1) is 10.6. The van der Waals surface area contributed by atoms with Gasteiger partial charge < -0.3 is 5.73 Å². The summed E-state index contributed by atoms with van der Waals surface area (Å²) in [4.78, 5) is 0. The van der Waals surface area contributed by atoms with E-state index in [1.807, 2.05) is 39.0 Å². The molecule has 16 heavy (non-hydrogen) atoms. The Morgan fingerprint density at radius 2 is 2.06 bits per heavy atom. The van der Waals surface area contributed by atoms with Crippen molar-refractivity contribution >= 4 is 5.69 Å². The van der Waals surface area contributed by atoms with Crippen LogP contribution in [0.2, 0.25) is 0 Å². The monoisotopic (exact) mass is 217 g/mol. The van der Waals surface area contributed by atoms with Crippen LogP contribution in [-0.2, 0) is 0 Å². The van der Waals surface area contributed by atoms with E-state index >= 15 is 0 Å². The molecule has 0 spiro atoms. The minimum Gasteiger partial charge on any atom is -0.399 e. The fraction of sp³-hybridized carbons (Fsp3) is 0.364. The summed E-state index contributed by atoms with van der Waals surface area (Å²) in [6.07, 6.45) is 0. The highest BCUT2D eigenvalue weighted by Gasteiger charge is 2.13. The van der Waals surface area contributed by atoms with E-state index in [0.29, 0.717) is 0 Å². The molecule has 0 amide bonds. The summed E-state index contributed by atoms with van der Waals surface area (Å²) >= 11 is 0. The normalized spacial score (nSPS) is 11.0. The van der Waals surface area contributed by atoms with E-state index in [-0.39, 0.29) is 6.04 Å².